The molecule has 0 aliphatic carbocycles. The maximum Gasteiger partial charge on any atom is 0.315 e. The molecule has 2 rings (SSSR count). The van der Waals surface area contributed by atoms with Gasteiger partial charge in [-0.25, -0.2) is 4.79 Å². The molecule has 112 valence electrons. The molecule has 0 spiro atoms. The number of hydrogen-bond donors (Lipinski definition) is 2. The summed E-state index contributed by atoms with van der Waals surface area (Å²) in [6, 6.07) is 6.41. The van der Waals surface area contributed by atoms with Crippen LogP contribution in [-0.4, -0.2) is 34.3 Å². The van der Waals surface area contributed by atoms with Crippen LogP contribution in [0.4, 0.5) is 4.79 Å². The van der Waals surface area contributed by atoms with E-state index in [2.05, 4.69) is 0 Å². The average molecular weight is 289 g/mol. The van der Waals surface area contributed by atoms with Gasteiger partial charge in [0.15, 0.2) is 0 Å². The number of amides is 2. The predicted octanol–water partition coefficient (Wildman–Crippen LogP) is 1.07. The highest BCUT2D eigenvalue weighted by Gasteiger charge is 2.19. The summed E-state index contributed by atoms with van der Waals surface area (Å²) in [6.45, 7) is 1.93. The molecule has 2 aromatic rings. The van der Waals surface area contributed by atoms with Crippen LogP contribution in [0.2, 0.25) is 0 Å². The van der Waals surface area contributed by atoms with Gasteiger partial charge >= 0.3 is 6.03 Å². The third-order valence-electron chi connectivity index (χ3n) is 3.74. The smallest absolute Gasteiger partial charge is 0.315 e. The number of fused-ring (bicyclic) bond motifs is 1. The Balaban J connectivity index is 2.69. The SMILES string of the molecule is CC(c1cn(CCO)c(=O)c2ccccc12)N(C)C(N)=O. The minimum atomic E-state index is -0.536. The molecule has 1 aromatic heterocycles. The number of aliphatic hydroxyl groups excluding tert-OH is 1. The van der Waals surface area contributed by atoms with Crippen LogP contribution in [0.5, 0.6) is 0 Å². The van der Waals surface area contributed by atoms with Crippen molar-refractivity contribution in [3.05, 3.63) is 46.4 Å². The molecule has 0 saturated heterocycles. The van der Waals surface area contributed by atoms with Gasteiger partial charge in [-0.05, 0) is 23.9 Å². The van der Waals surface area contributed by atoms with E-state index in [-0.39, 0.29) is 24.8 Å². The minimum absolute atomic E-state index is 0.127. The van der Waals surface area contributed by atoms with Crippen molar-refractivity contribution in [3.63, 3.8) is 0 Å². The molecular formula is C15H19N3O3. The van der Waals surface area contributed by atoms with Crippen LogP contribution < -0.4 is 11.3 Å². The van der Waals surface area contributed by atoms with Crippen LogP contribution in [0.3, 0.4) is 0 Å². The van der Waals surface area contributed by atoms with Gasteiger partial charge < -0.3 is 20.3 Å². The standard InChI is InChI=1S/C15H19N3O3/c1-10(17(2)15(16)21)13-9-18(7-8-19)14(20)12-6-4-3-5-11(12)13/h3-6,9-10,19H,7-8H2,1-2H3,(H2,16,21). The largest absolute Gasteiger partial charge is 0.395 e. The Morgan fingerprint density at radius 1 is 1.38 bits per heavy atom. The first-order valence-electron chi connectivity index (χ1n) is 6.72. The van der Waals surface area contributed by atoms with E-state index >= 15 is 0 Å². The molecule has 6 heteroatoms. The fourth-order valence-corrected chi connectivity index (χ4v) is 2.38. The van der Waals surface area contributed by atoms with Gasteiger partial charge in [-0.15, -0.1) is 0 Å². The maximum atomic E-state index is 12.3. The van der Waals surface area contributed by atoms with Crippen molar-refractivity contribution in [1.82, 2.24) is 9.47 Å². The van der Waals surface area contributed by atoms with Crippen LogP contribution in [0.25, 0.3) is 10.8 Å². The molecule has 1 heterocycles. The quantitative estimate of drug-likeness (QED) is 0.882. The van der Waals surface area contributed by atoms with Gasteiger partial charge in [-0.2, -0.15) is 0 Å². The molecule has 1 unspecified atom stereocenters. The molecule has 1 aromatic carbocycles. The number of nitrogens with two attached hydrogens (primary N) is 1. The summed E-state index contributed by atoms with van der Waals surface area (Å²) in [6.07, 6.45) is 1.69. The second-order valence-electron chi connectivity index (χ2n) is 4.98. The van der Waals surface area contributed by atoms with Crippen LogP contribution in [-0.2, 0) is 6.54 Å². The Morgan fingerprint density at radius 2 is 2.00 bits per heavy atom. The predicted molar refractivity (Wildman–Crippen MR) is 81.1 cm³/mol. The third-order valence-corrected chi connectivity index (χ3v) is 3.74. The highest BCUT2D eigenvalue weighted by molar-refractivity contribution is 5.85. The van der Waals surface area contributed by atoms with Crippen molar-refractivity contribution in [2.75, 3.05) is 13.7 Å². The Morgan fingerprint density at radius 3 is 2.57 bits per heavy atom. The number of carbonyl (C=O) groups is 1. The zero-order chi connectivity index (χ0) is 15.6. The Bertz CT molecular complexity index is 724. The molecule has 6 nitrogen and oxygen atoms in total. The fraction of sp³-hybridized carbons (Fsp3) is 0.333. The van der Waals surface area contributed by atoms with Crippen molar-refractivity contribution in [2.24, 2.45) is 5.73 Å². The summed E-state index contributed by atoms with van der Waals surface area (Å²) in [4.78, 5) is 25.1. The lowest BCUT2D eigenvalue weighted by Gasteiger charge is -2.25. The van der Waals surface area contributed by atoms with Gasteiger partial charge in [-0.3, -0.25) is 4.79 Å². The molecule has 0 fully saturated rings. The van der Waals surface area contributed by atoms with Gasteiger partial charge in [-0.1, -0.05) is 18.2 Å². The Kier molecular flexibility index (Phi) is 4.28. The molecular weight excluding hydrogens is 270 g/mol. The van der Waals surface area contributed by atoms with E-state index in [0.717, 1.165) is 10.9 Å². The summed E-state index contributed by atoms with van der Waals surface area (Å²) in [5, 5.41) is 10.5. The summed E-state index contributed by atoms with van der Waals surface area (Å²) in [5.74, 6) is 0. The van der Waals surface area contributed by atoms with Crippen molar-refractivity contribution in [2.45, 2.75) is 19.5 Å². The van der Waals surface area contributed by atoms with Crippen LogP contribution in [0, 0.1) is 0 Å². The van der Waals surface area contributed by atoms with E-state index in [9.17, 15) is 9.59 Å². The molecule has 0 aliphatic heterocycles. The molecule has 21 heavy (non-hydrogen) atoms. The number of rotatable bonds is 4. The normalized spacial score (nSPS) is 12.3. The first-order chi connectivity index (χ1) is 9.97. The molecule has 0 aliphatic rings. The summed E-state index contributed by atoms with van der Waals surface area (Å²) < 4.78 is 1.46. The molecule has 0 bridgehead atoms. The highest BCUT2D eigenvalue weighted by atomic mass is 16.3. The summed E-state index contributed by atoms with van der Waals surface area (Å²) in [7, 11) is 1.61. The number of pyridine rings is 1. The van der Waals surface area contributed by atoms with E-state index < -0.39 is 6.03 Å². The second kappa shape index (κ2) is 5.97. The molecule has 0 radical (unpaired) electrons. The number of primary amides is 1. The number of urea groups is 1. The Labute approximate surface area is 122 Å². The highest BCUT2D eigenvalue weighted by Crippen LogP contribution is 2.25. The lowest BCUT2D eigenvalue weighted by molar-refractivity contribution is 0.204. The lowest BCUT2D eigenvalue weighted by Crippen LogP contribution is -2.35. The maximum absolute atomic E-state index is 12.3. The second-order valence-corrected chi connectivity index (χ2v) is 4.98. The first kappa shape index (κ1) is 15.1. The number of aliphatic hydroxyl groups is 1. The van der Waals surface area contributed by atoms with Gasteiger partial charge in [0.1, 0.15) is 0 Å². The Hall–Kier alpha value is -2.34. The van der Waals surface area contributed by atoms with Crippen LogP contribution in [0.15, 0.2) is 35.3 Å². The molecule has 2 amide bonds. The van der Waals surface area contributed by atoms with E-state index in [1.54, 1.807) is 25.4 Å². The van der Waals surface area contributed by atoms with Gasteiger partial charge in [0.05, 0.1) is 12.6 Å². The lowest BCUT2D eigenvalue weighted by atomic mass is 10.0. The summed E-state index contributed by atoms with van der Waals surface area (Å²) >= 11 is 0. The van der Waals surface area contributed by atoms with E-state index in [0.29, 0.717) is 5.39 Å². The first-order valence-corrected chi connectivity index (χ1v) is 6.72. The minimum Gasteiger partial charge on any atom is -0.395 e. The topological polar surface area (TPSA) is 88.6 Å². The van der Waals surface area contributed by atoms with E-state index in [1.807, 2.05) is 19.1 Å². The third kappa shape index (κ3) is 2.75. The fourth-order valence-electron chi connectivity index (χ4n) is 2.38. The van der Waals surface area contributed by atoms with Crippen molar-refractivity contribution in [1.29, 1.82) is 0 Å². The summed E-state index contributed by atoms with van der Waals surface area (Å²) in [5.41, 5.74) is 5.99. The van der Waals surface area contributed by atoms with Gasteiger partial charge in [0, 0.05) is 25.2 Å². The van der Waals surface area contributed by atoms with Gasteiger partial charge in [0.2, 0.25) is 0 Å². The molecule has 1 atom stereocenters. The van der Waals surface area contributed by atoms with Crippen LogP contribution in [0.1, 0.15) is 18.5 Å². The number of benzene rings is 1. The van der Waals surface area contributed by atoms with Gasteiger partial charge in [0.25, 0.3) is 5.56 Å². The zero-order valence-electron chi connectivity index (χ0n) is 12.1. The number of nitrogens with zero attached hydrogens (tertiary/aromatic N) is 2. The van der Waals surface area contributed by atoms with Crippen LogP contribution >= 0.6 is 0 Å². The molecule has 0 saturated carbocycles. The van der Waals surface area contributed by atoms with E-state index in [1.165, 1.54) is 9.47 Å². The average Bonchev–Trinajstić information content (AvgIpc) is 2.48. The number of hydrogen-bond acceptors (Lipinski definition) is 3. The number of aromatic nitrogens is 1. The monoisotopic (exact) mass is 289 g/mol. The van der Waals surface area contributed by atoms with Crippen molar-refractivity contribution in [3.8, 4) is 0 Å². The van der Waals surface area contributed by atoms with Crippen molar-refractivity contribution < 1.29 is 9.90 Å². The number of carbonyl (C=O) groups excluding carboxylic acids is 1. The van der Waals surface area contributed by atoms with Crippen molar-refractivity contribution >= 4 is 16.8 Å². The molecule has 3 N–H and O–H groups in total. The zero-order valence-corrected chi connectivity index (χ0v) is 12.1. The van der Waals surface area contributed by atoms with E-state index in [4.69, 9.17) is 10.8 Å².